The summed E-state index contributed by atoms with van der Waals surface area (Å²) in [7, 11) is 0. The Balaban J connectivity index is 0.000000231. The average Bonchev–Trinajstić information content (AvgIpc) is 4.21. The third-order valence-electron chi connectivity index (χ3n) is 12.9. The zero-order chi connectivity index (χ0) is 53.7. The second-order valence-electron chi connectivity index (χ2n) is 19.2. The van der Waals surface area contributed by atoms with Crippen LogP contribution in [0.5, 0.6) is 11.5 Å². The molecule has 2 aromatic carbocycles. The summed E-state index contributed by atoms with van der Waals surface area (Å²) < 4.78 is 39.9. The Kier molecular flexibility index (Phi) is 22.0. The quantitative estimate of drug-likeness (QED) is 0.0540. The molecule has 12 rings (SSSR count). The van der Waals surface area contributed by atoms with Crippen LogP contribution in [0.3, 0.4) is 0 Å². The fourth-order valence-electron chi connectivity index (χ4n) is 8.51. The molecule has 2 aliphatic rings. The summed E-state index contributed by atoms with van der Waals surface area (Å²) in [6.07, 6.45) is 18.9. The summed E-state index contributed by atoms with van der Waals surface area (Å²) >= 11 is 3.07. The van der Waals surface area contributed by atoms with Crippen molar-refractivity contribution in [3.8, 4) is 57.5 Å². The van der Waals surface area contributed by atoms with E-state index in [0.717, 1.165) is 42.4 Å². The summed E-state index contributed by atoms with van der Waals surface area (Å²) in [6, 6.07) is 17.7. The molecule has 10 aromatic rings. The van der Waals surface area contributed by atoms with Gasteiger partial charge >= 0.3 is 0 Å². The van der Waals surface area contributed by atoms with E-state index in [4.69, 9.17) is 9.72 Å². The summed E-state index contributed by atoms with van der Waals surface area (Å²) in [5, 5.41) is 28.6. The summed E-state index contributed by atoms with van der Waals surface area (Å²) in [5.74, 6) is 3.60. The van der Waals surface area contributed by atoms with Crippen molar-refractivity contribution >= 4 is 37.7 Å². The summed E-state index contributed by atoms with van der Waals surface area (Å²) in [6.45, 7) is 7.69. The summed E-state index contributed by atoms with van der Waals surface area (Å²) in [5.41, 5.74) is 4.67. The third kappa shape index (κ3) is 14.0. The van der Waals surface area contributed by atoms with E-state index in [-0.39, 0.29) is 106 Å². The number of hydrogen-bond donors (Lipinski definition) is 1. The normalized spacial score (nSPS) is 12.6. The molecule has 8 aromatic heterocycles. The van der Waals surface area contributed by atoms with Crippen LogP contribution in [0.2, 0.25) is 0 Å². The molecular formula is C56H61BrF2N16O4W2-2. The number of alkyl halides is 3. The number of nitrogens with zero attached hydrogens (tertiary/aromatic N) is 16. The van der Waals surface area contributed by atoms with Gasteiger partial charge in [-0.2, -0.15) is 0 Å². The number of phenols is 1. The van der Waals surface area contributed by atoms with Crippen molar-refractivity contribution in [2.75, 3.05) is 25.3 Å². The molecule has 0 amide bonds. The van der Waals surface area contributed by atoms with Crippen LogP contribution in [0.1, 0.15) is 102 Å². The zero-order valence-electron chi connectivity index (χ0n) is 45.6. The van der Waals surface area contributed by atoms with Crippen LogP contribution < -0.4 is 15.9 Å². The fraction of sp³-hybridized carbons (Fsp3) is 0.321. The Morgan fingerprint density at radius 3 is 1.54 bits per heavy atom. The minimum absolute atomic E-state index is 0. The molecule has 0 bridgehead atoms. The molecule has 8 heterocycles. The number of hydrogen-bond acceptors (Lipinski definition) is 14. The van der Waals surface area contributed by atoms with Gasteiger partial charge in [0.25, 0.3) is 11.1 Å². The van der Waals surface area contributed by atoms with Gasteiger partial charge in [0, 0.05) is 102 Å². The first kappa shape index (κ1) is 63.2. The van der Waals surface area contributed by atoms with E-state index in [2.05, 4.69) is 61.2 Å². The number of ether oxygens (including phenoxy) is 1. The largest absolute Gasteiger partial charge is 0.506 e. The molecular weight excluding hydrogens is 1450 g/mol. The van der Waals surface area contributed by atoms with Crippen LogP contribution >= 0.6 is 15.9 Å². The molecule has 2 fully saturated rings. The van der Waals surface area contributed by atoms with Gasteiger partial charge in [-0.1, -0.05) is 28.1 Å². The van der Waals surface area contributed by atoms with Crippen molar-refractivity contribution in [1.82, 2.24) is 77.7 Å². The molecule has 2 saturated carbocycles. The number of fused-ring (bicyclic) bond motifs is 2. The molecule has 0 unspecified atom stereocenters. The van der Waals surface area contributed by atoms with Crippen LogP contribution in [-0.4, -0.2) is 108 Å². The number of pyridine rings is 2. The first-order valence-electron chi connectivity index (χ1n) is 25.4. The molecule has 0 spiro atoms. The summed E-state index contributed by atoms with van der Waals surface area (Å²) in [4.78, 5) is 54.5. The Labute approximate surface area is 503 Å². The van der Waals surface area contributed by atoms with Gasteiger partial charge in [0.15, 0.2) is 11.6 Å². The van der Waals surface area contributed by atoms with Crippen molar-refractivity contribution in [2.45, 2.75) is 90.1 Å². The van der Waals surface area contributed by atoms with E-state index in [9.17, 15) is 23.5 Å². The molecule has 424 valence electrons. The van der Waals surface area contributed by atoms with E-state index in [1.54, 1.807) is 60.2 Å². The maximum atomic E-state index is 13.7. The SMILES string of the molecule is CC(C)n1cnnc1-c1cccc(-n2cnc3cc(O)c(-n4cnc(C5CC5)c4)cc3c2=O)n1.CC(C)n1cnnc1-c1cccc(-n2cnc3cc(OCCCF)c(-n4cnc(C5CC5)c4)cc3c2=O)n1.FCCCBr.[CH3-].[CH3-].[W].[W]. The molecule has 25 heteroatoms. The van der Waals surface area contributed by atoms with Crippen molar-refractivity contribution in [2.24, 2.45) is 0 Å². The average molecular weight is 1510 g/mol. The Morgan fingerprint density at radius 2 is 1.10 bits per heavy atom. The molecule has 0 atom stereocenters. The van der Waals surface area contributed by atoms with E-state index in [1.165, 1.54) is 27.9 Å². The standard InChI is InChI=1S/C27H27FN8O2.C24H22N8O2.C3H6BrF.2CH3.2W/c1-17(2)35-16-31-33-26(35)20-5-3-6-25(32-20)36-15-30-21-12-24(38-10-4-9-28)23(11-19(21)27(36)37)34-13-22(29-14-34)18-7-8-18;1-14(2)31-13-27-29-23(31)17-4-3-5-22(28-17)32-12-26-18-9-21(33)20(8-16(18)24(32)34)30-10-19(25-11-30)15-6-7-15;4-2-1-3-5;;;;/h3,5-6,11-18H,4,7-10H2,1-2H3;3-5,8-15,33H,6-7H2,1-2H3;1-3H2;2*1H3;;/q;;;2*-1;;. The van der Waals surface area contributed by atoms with Crippen LogP contribution in [0.4, 0.5) is 8.78 Å². The number of benzene rings is 2. The van der Waals surface area contributed by atoms with Gasteiger partial charge < -0.3 is 43.0 Å². The molecule has 20 nitrogen and oxygen atoms in total. The number of imidazole rings is 2. The smallest absolute Gasteiger partial charge is 0.267 e. The number of phenolic OH excluding ortho intramolecular Hbond substituents is 1. The predicted octanol–water partition coefficient (Wildman–Crippen LogP) is 10.4. The van der Waals surface area contributed by atoms with Crippen molar-refractivity contribution in [1.29, 1.82) is 0 Å². The van der Waals surface area contributed by atoms with Gasteiger partial charge in [-0.15, -0.1) is 20.4 Å². The maximum Gasteiger partial charge on any atom is 0.267 e. The molecule has 0 aliphatic heterocycles. The molecule has 1 N–H and O–H groups in total. The minimum Gasteiger partial charge on any atom is -0.506 e. The number of aromatic hydroxyl groups is 1. The van der Waals surface area contributed by atoms with Gasteiger partial charge in [0.2, 0.25) is 0 Å². The van der Waals surface area contributed by atoms with E-state index >= 15 is 0 Å². The molecule has 2 aliphatic carbocycles. The van der Waals surface area contributed by atoms with E-state index < -0.39 is 6.67 Å². The van der Waals surface area contributed by atoms with Crippen molar-refractivity contribution in [3.63, 3.8) is 0 Å². The van der Waals surface area contributed by atoms with Crippen LogP contribution in [0, 0.1) is 14.9 Å². The Morgan fingerprint density at radius 1 is 0.630 bits per heavy atom. The van der Waals surface area contributed by atoms with E-state index in [1.807, 2.05) is 78.1 Å². The monoisotopic (exact) mass is 1510 g/mol. The van der Waals surface area contributed by atoms with Crippen LogP contribution in [0.25, 0.3) is 67.9 Å². The minimum atomic E-state index is -0.470. The van der Waals surface area contributed by atoms with Crippen molar-refractivity contribution < 1.29 is 60.8 Å². The molecule has 81 heavy (non-hydrogen) atoms. The van der Waals surface area contributed by atoms with Crippen LogP contribution in [-0.2, 0) is 42.1 Å². The first-order valence-corrected chi connectivity index (χ1v) is 26.5. The topological polar surface area (TPSA) is 222 Å². The second-order valence-corrected chi connectivity index (χ2v) is 20.0. The number of halogens is 3. The zero-order valence-corrected chi connectivity index (χ0v) is 53.0. The molecule has 0 radical (unpaired) electrons. The second kappa shape index (κ2) is 28.1. The van der Waals surface area contributed by atoms with Crippen LogP contribution in [0.15, 0.2) is 121 Å². The number of rotatable bonds is 16. The van der Waals surface area contributed by atoms with Gasteiger partial charge in [-0.05, 0) is 96.2 Å². The first-order chi connectivity index (χ1) is 37.4. The van der Waals surface area contributed by atoms with Gasteiger partial charge in [-0.3, -0.25) is 27.5 Å². The third-order valence-corrected chi connectivity index (χ3v) is 13.5. The van der Waals surface area contributed by atoms with E-state index in [0.29, 0.717) is 91.9 Å². The predicted molar refractivity (Wildman–Crippen MR) is 302 cm³/mol. The number of aromatic nitrogens is 16. The van der Waals surface area contributed by atoms with Gasteiger partial charge in [0.05, 0.1) is 77.2 Å². The maximum absolute atomic E-state index is 13.7. The molecule has 0 saturated heterocycles. The Bertz CT molecular complexity index is 3830. The Hall–Kier alpha value is -6.96. The van der Waals surface area contributed by atoms with Gasteiger partial charge in [0.1, 0.15) is 59.8 Å². The van der Waals surface area contributed by atoms with Gasteiger partial charge in [-0.25, -0.2) is 29.9 Å². The fourth-order valence-corrected chi connectivity index (χ4v) is 8.72. The van der Waals surface area contributed by atoms with Crippen molar-refractivity contribution in [3.05, 3.63) is 158 Å².